The van der Waals surface area contributed by atoms with Crippen LogP contribution in [0.25, 0.3) is 6.08 Å². The first-order chi connectivity index (χ1) is 14.7. The molecule has 1 fully saturated rings. The zero-order chi connectivity index (χ0) is 21.2. The van der Waals surface area contributed by atoms with Crippen LogP contribution in [-0.2, 0) is 0 Å². The van der Waals surface area contributed by atoms with Gasteiger partial charge in [-0.15, -0.1) is 13.2 Å². The van der Waals surface area contributed by atoms with Gasteiger partial charge in [0.25, 0.3) is 0 Å². The number of anilines is 2. The summed E-state index contributed by atoms with van der Waals surface area (Å²) in [5.41, 5.74) is 1.01. The molecule has 3 rings (SSSR count). The summed E-state index contributed by atoms with van der Waals surface area (Å²) in [5.74, 6) is 1.65. The Labute approximate surface area is 178 Å². The van der Waals surface area contributed by atoms with Gasteiger partial charge in [-0.3, -0.25) is 0 Å². The van der Waals surface area contributed by atoms with E-state index in [0.29, 0.717) is 6.04 Å². The second kappa shape index (κ2) is 11.3. The zero-order valence-electron chi connectivity index (χ0n) is 17.4. The Morgan fingerprint density at radius 2 is 1.80 bits per heavy atom. The fourth-order valence-corrected chi connectivity index (χ4v) is 3.57. The summed E-state index contributed by atoms with van der Waals surface area (Å²) in [5, 5.41) is 3.59. The third-order valence-corrected chi connectivity index (χ3v) is 5.18. The van der Waals surface area contributed by atoms with Crippen LogP contribution in [0.2, 0.25) is 0 Å². The predicted octanol–water partition coefficient (Wildman–Crippen LogP) is 4.07. The second-order valence-electron chi connectivity index (χ2n) is 7.34. The quantitative estimate of drug-likeness (QED) is 0.602. The van der Waals surface area contributed by atoms with Gasteiger partial charge in [-0.25, -0.2) is 14.4 Å². The Morgan fingerprint density at radius 1 is 1.10 bits per heavy atom. The molecule has 0 atom stereocenters. The lowest BCUT2D eigenvalue weighted by atomic mass is 10.0. The van der Waals surface area contributed by atoms with Crippen LogP contribution in [0.3, 0.4) is 0 Å². The first-order valence-corrected chi connectivity index (χ1v) is 10.4. The molecular formula is C24H30FN5. The summed E-state index contributed by atoms with van der Waals surface area (Å²) >= 11 is 0. The Balaban J connectivity index is 1.48. The Morgan fingerprint density at radius 3 is 2.47 bits per heavy atom. The smallest absolute Gasteiger partial charge is 0.134 e. The summed E-state index contributed by atoms with van der Waals surface area (Å²) in [6, 6.07) is 9.06. The molecule has 0 saturated carbocycles. The third-order valence-electron chi connectivity index (χ3n) is 5.18. The normalized spacial score (nSPS) is 14.8. The number of hydrogen-bond acceptors (Lipinski definition) is 5. The first-order valence-electron chi connectivity index (χ1n) is 10.4. The number of benzene rings is 1. The van der Waals surface area contributed by atoms with Gasteiger partial charge in [-0.2, -0.15) is 0 Å². The average molecular weight is 408 g/mol. The van der Waals surface area contributed by atoms with Crippen LogP contribution in [0.1, 0.15) is 18.4 Å². The van der Waals surface area contributed by atoms with E-state index >= 15 is 0 Å². The molecule has 0 spiro atoms. The highest BCUT2D eigenvalue weighted by molar-refractivity contribution is 5.51. The zero-order valence-corrected chi connectivity index (χ0v) is 17.4. The number of aromatic nitrogens is 2. The van der Waals surface area contributed by atoms with E-state index in [1.807, 2.05) is 24.3 Å². The van der Waals surface area contributed by atoms with E-state index in [1.165, 1.54) is 12.1 Å². The number of nitrogens with one attached hydrogen (secondary N) is 1. The minimum atomic E-state index is -0.207. The van der Waals surface area contributed by atoms with Crippen molar-refractivity contribution in [3.05, 3.63) is 79.4 Å². The van der Waals surface area contributed by atoms with Crippen LogP contribution in [0.15, 0.2) is 68.0 Å². The molecule has 2 heterocycles. The van der Waals surface area contributed by atoms with E-state index in [0.717, 1.165) is 62.8 Å². The van der Waals surface area contributed by atoms with Gasteiger partial charge in [0.1, 0.15) is 23.8 Å². The highest BCUT2D eigenvalue weighted by Gasteiger charge is 2.20. The van der Waals surface area contributed by atoms with Crippen molar-refractivity contribution in [2.45, 2.75) is 18.9 Å². The topological polar surface area (TPSA) is 44.3 Å². The van der Waals surface area contributed by atoms with Crippen molar-refractivity contribution in [2.75, 3.05) is 42.5 Å². The van der Waals surface area contributed by atoms with Gasteiger partial charge in [0.2, 0.25) is 0 Å². The van der Waals surface area contributed by atoms with Crippen LogP contribution in [0, 0.1) is 5.82 Å². The molecule has 2 aromatic rings. The molecule has 30 heavy (non-hydrogen) atoms. The van der Waals surface area contributed by atoms with E-state index in [9.17, 15) is 4.39 Å². The van der Waals surface area contributed by atoms with Gasteiger partial charge in [0, 0.05) is 44.8 Å². The van der Waals surface area contributed by atoms with Crippen LogP contribution in [0.4, 0.5) is 16.0 Å². The Hall–Kier alpha value is -2.99. The van der Waals surface area contributed by atoms with Gasteiger partial charge in [-0.05, 0) is 30.5 Å². The number of nitrogens with zero attached hydrogens (tertiary/aromatic N) is 4. The molecule has 6 heteroatoms. The van der Waals surface area contributed by atoms with E-state index in [1.54, 1.807) is 18.5 Å². The van der Waals surface area contributed by atoms with Crippen molar-refractivity contribution in [1.82, 2.24) is 15.3 Å². The number of halogens is 1. The largest absolute Gasteiger partial charge is 0.356 e. The van der Waals surface area contributed by atoms with Crippen LogP contribution in [0.5, 0.6) is 0 Å². The van der Waals surface area contributed by atoms with Crippen molar-refractivity contribution in [1.29, 1.82) is 0 Å². The second-order valence-corrected chi connectivity index (χ2v) is 7.34. The summed E-state index contributed by atoms with van der Waals surface area (Å²) in [7, 11) is 0. The van der Waals surface area contributed by atoms with E-state index in [4.69, 9.17) is 0 Å². The highest BCUT2D eigenvalue weighted by atomic mass is 19.1. The standard InChI is InChI=1S/C24H30FN5/c1-3-14-29(15-4-2)23-18-24(28-19-27-23)30-16-11-22(12-17-30)26-13-5-6-20-7-9-21(25)10-8-20/h3-10,18-19,22,26H,1-2,11-17H2. The molecule has 1 aliphatic heterocycles. The maximum Gasteiger partial charge on any atom is 0.134 e. The molecule has 1 aliphatic rings. The summed E-state index contributed by atoms with van der Waals surface area (Å²) in [4.78, 5) is 13.3. The highest BCUT2D eigenvalue weighted by Crippen LogP contribution is 2.21. The van der Waals surface area contributed by atoms with Gasteiger partial charge < -0.3 is 15.1 Å². The molecule has 158 valence electrons. The third kappa shape index (κ3) is 6.26. The van der Waals surface area contributed by atoms with Gasteiger partial charge >= 0.3 is 0 Å². The van der Waals surface area contributed by atoms with Crippen molar-refractivity contribution >= 4 is 17.7 Å². The van der Waals surface area contributed by atoms with Crippen LogP contribution >= 0.6 is 0 Å². The van der Waals surface area contributed by atoms with Gasteiger partial charge in [0.05, 0.1) is 0 Å². The lowest BCUT2D eigenvalue weighted by Gasteiger charge is -2.33. The molecule has 1 aromatic carbocycles. The minimum Gasteiger partial charge on any atom is -0.356 e. The molecule has 0 amide bonds. The van der Waals surface area contributed by atoms with Crippen molar-refractivity contribution in [3.63, 3.8) is 0 Å². The number of hydrogen-bond donors (Lipinski definition) is 1. The molecule has 1 N–H and O–H groups in total. The van der Waals surface area contributed by atoms with Crippen molar-refractivity contribution in [3.8, 4) is 0 Å². The summed E-state index contributed by atoms with van der Waals surface area (Å²) in [6.45, 7) is 11.8. The Kier molecular flexibility index (Phi) is 8.15. The molecule has 0 unspecified atom stereocenters. The van der Waals surface area contributed by atoms with E-state index < -0.39 is 0 Å². The minimum absolute atomic E-state index is 0.207. The van der Waals surface area contributed by atoms with E-state index in [-0.39, 0.29) is 5.82 Å². The van der Waals surface area contributed by atoms with Crippen molar-refractivity contribution < 1.29 is 4.39 Å². The molecular weight excluding hydrogens is 377 g/mol. The average Bonchev–Trinajstić information content (AvgIpc) is 2.78. The molecule has 1 aromatic heterocycles. The van der Waals surface area contributed by atoms with E-state index in [2.05, 4.69) is 44.3 Å². The Bertz CT molecular complexity index is 831. The fraction of sp³-hybridized carbons (Fsp3) is 0.333. The molecule has 0 aliphatic carbocycles. The SMILES string of the molecule is C=CCN(CC=C)c1cc(N2CCC(NCC=Cc3ccc(F)cc3)CC2)ncn1. The molecule has 1 saturated heterocycles. The van der Waals surface area contributed by atoms with Gasteiger partial charge in [-0.1, -0.05) is 36.4 Å². The predicted molar refractivity (Wildman–Crippen MR) is 123 cm³/mol. The van der Waals surface area contributed by atoms with Crippen LogP contribution < -0.4 is 15.1 Å². The number of piperidine rings is 1. The first kappa shape index (κ1) is 21.7. The number of rotatable bonds is 10. The fourth-order valence-electron chi connectivity index (χ4n) is 3.57. The summed E-state index contributed by atoms with van der Waals surface area (Å²) < 4.78 is 12.9. The molecule has 0 bridgehead atoms. The van der Waals surface area contributed by atoms with Gasteiger partial charge in [0.15, 0.2) is 0 Å². The van der Waals surface area contributed by atoms with Crippen LogP contribution in [-0.4, -0.2) is 48.7 Å². The molecule has 0 radical (unpaired) electrons. The van der Waals surface area contributed by atoms with Crippen molar-refractivity contribution in [2.24, 2.45) is 0 Å². The lowest BCUT2D eigenvalue weighted by Crippen LogP contribution is -2.43. The molecule has 5 nitrogen and oxygen atoms in total. The summed E-state index contributed by atoms with van der Waals surface area (Å²) in [6.07, 6.45) is 11.6. The lowest BCUT2D eigenvalue weighted by molar-refractivity contribution is 0.429. The maximum absolute atomic E-state index is 12.9. The maximum atomic E-state index is 12.9. The monoisotopic (exact) mass is 407 g/mol.